The monoisotopic (exact) mass is 220 g/mol. The van der Waals surface area contributed by atoms with E-state index in [9.17, 15) is 4.39 Å². The molecule has 0 radical (unpaired) electrons. The molecule has 0 bridgehead atoms. The van der Waals surface area contributed by atoms with Crippen molar-refractivity contribution in [2.75, 3.05) is 0 Å². The third-order valence-corrected chi connectivity index (χ3v) is 3.14. The fourth-order valence-electron chi connectivity index (χ4n) is 1.20. The first kappa shape index (κ1) is 9.98. The van der Waals surface area contributed by atoms with Gasteiger partial charge in [0, 0.05) is 27.7 Å². The highest BCUT2D eigenvalue weighted by Gasteiger charge is 2.09. The summed E-state index contributed by atoms with van der Waals surface area (Å²) in [5.74, 6) is 0. The van der Waals surface area contributed by atoms with E-state index >= 15 is 0 Å². The molecule has 15 heavy (non-hydrogen) atoms. The van der Waals surface area contributed by atoms with Crippen LogP contribution in [-0.2, 0) is 0 Å². The summed E-state index contributed by atoms with van der Waals surface area (Å²) in [5, 5.41) is 0. The highest BCUT2D eigenvalue weighted by molar-refractivity contribution is 7.15. The predicted molar refractivity (Wildman–Crippen MR) is 59.4 cm³/mol. The van der Waals surface area contributed by atoms with Gasteiger partial charge >= 0.3 is 0 Å². The Morgan fingerprint density at radius 1 is 1.33 bits per heavy atom. The summed E-state index contributed by atoms with van der Waals surface area (Å²) in [4.78, 5) is 9.46. The predicted octanol–water partition coefficient (Wildman–Crippen LogP) is 3.40. The number of thiophene rings is 1. The zero-order chi connectivity index (χ0) is 10.7. The van der Waals surface area contributed by atoms with Crippen LogP contribution in [0.1, 0.15) is 11.0 Å². The molecule has 0 N–H and O–H groups in total. The van der Waals surface area contributed by atoms with Crippen LogP contribution in [0, 0.1) is 0 Å². The van der Waals surface area contributed by atoms with E-state index in [1.54, 1.807) is 18.5 Å². The average molecular weight is 220 g/mol. The van der Waals surface area contributed by atoms with Crippen LogP contribution in [0.4, 0.5) is 4.39 Å². The molecule has 0 amide bonds. The van der Waals surface area contributed by atoms with Gasteiger partial charge < -0.3 is 0 Å². The highest BCUT2D eigenvalue weighted by atomic mass is 32.1. The van der Waals surface area contributed by atoms with E-state index in [1.165, 1.54) is 23.7 Å². The van der Waals surface area contributed by atoms with Crippen LogP contribution in [0.15, 0.2) is 43.5 Å². The van der Waals surface area contributed by atoms with Gasteiger partial charge in [0.15, 0.2) is 6.17 Å². The third-order valence-electron chi connectivity index (χ3n) is 1.95. The third kappa shape index (κ3) is 2.10. The number of hydrogen-bond acceptors (Lipinski definition) is 3. The minimum Gasteiger partial charge on any atom is -0.244 e. The maximum absolute atomic E-state index is 13.3. The van der Waals surface area contributed by atoms with Crippen LogP contribution < -0.4 is 0 Å². The smallest absolute Gasteiger partial charge is 0.152 e. The standard InChI is InChI=1S/C11H9FN2S/c1-2-9(12)11-4-3-10(15-11)8-5-13-7-14-6-8/h2-7,9H,1H2. The largest absolute Gasteiger partial charge is 0.244 e. The summed E-state index contributed by atoms with van der Waals surface area (Å²) in [6.45, 7) is 3.43. The fourth-order valence-corrected chi connectivity index (χ4v) is 2.16. The molecule has 1 atom stereocenters. The van der Waals surface area contributed by atoms with E-state index in [0.717, 1.165) is 10.4 Å². The van der Waals surface area contributed by atoms with Crippen molar-refractivity contribution in [2.24, 2.45) is 0 Å². The lowest BCUT2D eigenvalue weighted by atomic mass is 10.2. The van der Waals surface area contributed by atoms with Crippen LogP contribution >= 0.6 is 11.3 Å². The second kappa shape index (κ2) is 4.31. The van der Waals surface area contributed by atoms with E-state index in [1.807, 2.05) is 6.07 Å². The second-order valence-electron chi connectivity index (χ2n) is 2.97. The van der Waals surface area contributed by atoms with Gasteiger partial charge in [0.2, 0.25) is 0 Å². The van der Waals surface area contributed by atoms with Crippen molar-refractivity contribution in [3.8, 4) is 10.4 Å². The zero-order valence-electron chi connectivity index (χ0n) is 7.93. The molecule has 4 heteroatoms. The lowest BCUT2D eigenvalue weighted by Gasteiger charge is -1.96. The summed E-state index contributed by atoms with van der Waals surface area (Å²) in [6, 6.07) is 3.63. The van der Waals surface area contributed by atoms with Crippen LogP contribution in [0.3, 0.4) is 0 Å². The number of allylic oxidation sites excluding steroid dienone is 1. The molecule has 2 aromatic rings. The van der Waals surface area contributed by atoms with Crippen LogP contribution in [0.2, 0.25) is 0 Å². The molecular weight excluding hydrogens is 211 g/mol. The molecule has 0 aliphatic heterocycles. The van der Waals surface area contributed by atoms with Gasteiger partial charge in [-0.2, -0.15) is 0 Å². The molecular formula is C11H9FN2S. The molecule has 2 nitrogen and oxygen atoms in total. The molecule has 0 fully saturated rings. The summed E-state index contributed by atoms with van der Waals surface area (Å²) < 4.78 is 13.3. The van der Waals surface area contributed by atoms with Gasteiger partial charge in [0.25, 0.3) is 0 Å². The SMILES string of the molecule is C=CC(F)c1ccc(-c2cncnc2)s1. The number of hydrogen-bond donors (Lipinski definition) is 0. The van der Waals surface area contributed by atoms with Gasteiger partial charge in [-0.1, -0.05) is 12.7 Å². The van der Waals surface area contributed by atoms with E-state index in [0.29, 0.717) is 4.88 Å². The zero-order valence-corrected chi connectivity index (χ0v) is 8.75. The molecule has 2 rings (SSSR count). The Kier molecular flexibility index (Phi) is 2.87. The van der Waals surface area contributed by atoms with Gasteiger partial charge in [0.05, 0.1) is 0 Å². The minimum absolute atomic E-state index is 0.656. The van der Waals surface area contributed by atoms with Crippen molar-refractivity contribution in [1.82, 2.24) is 9.97 Å². The first-order valence-corrected chi connectivity index (χ1v) is 5.24. The number of nitrogens with zero attached hydrogens (tertiary/aromatic N) is 2. The second-order valence-corrected chi connectivity index (χ2v) is 4.08. The van der Waals surface area contributed by atoms with E-state index in [2.05, 4.69) is 16.5 Å². The Bertz CT molecular complexity index is 453. The van der Waals surface area contributed by atoms with Crippen molar-refractivity contribution in [1.29, 1.82) is 0 Å². The lowest BCUT2D eigenvalue weighted by Crippen LogP contribution is -1.79. The van der Waals surface area contributed by atoms with Crippen LogP contribution in [0.25, 0.3) is 10.4 Å². The van der Waals surface area contributed by atoms with Crippen molar-refractivity contribution in [3.63, 3.8) is 0 Å². The van der Waals surface area contributed by atoms with Gasteiger partial charge in [-0.05, 0) is 12.1 Å². The topological polar surface area (TPSA) is 25.8 Å². The average Bonchev–Trinajstić information content (AvgIpc) is 2.78. The molecule has 1 unspecified atom stereocenters. The van der Waals surface area contributed by atoms with E-state index < -0.39 is 6.17 Å². The van der Waals surface area contributed by atoms with Crippen LogP contribution in [-0.4, -0.2) is 9.97 Å². The van der Waals surface area contributed by atoms with E-state index in [4.69, 9.17) is 0 Å². The fraction of sp³-hybridized carbons (Fsp3) is 0.0909. The summed E-state index contributed by atoms with van der Waals surface area (Å²) in [6.07, 6.45) is 5.10. The van der Waals surface area contributed by atoms with Crippen molar-refractivity contribution in [3.05, 3.63) is 48.4 Å². The van der Waals surface area contributed by atoms with Crippen molar-refractivity contribution >= 4 is 11.3 Å². The molecule has 2 heterocycles. The quantitative estimate of drug-likeness (QED) is 0.741. The number of halogens is 1. The minimum atomic E-state index is -1.09. The molecule has 0 spiro atoms. The Hall–Kier alpha value is -1.55. The number of alkyl halides is 1. The summed E-state index contributed by atoms with van der Waals surface area (Å²) >= 11 is 1.39. The Labute approximate surface area is 91.1 Å². The lowest BCUT2D eigenvalue weighted by molar-refractivity contribution is 0.421. The molecule has 0 saturated carbocycles. The maximum atomic E-state index is 13.3. The van der Waals surface area contributed by atoms with Crippen molar-refractivity contribution in [2.45, 2.75) is 6.17 Å². The maximum Gasteiger partial charge on any atom is 0.152 e. The van der Waals surface area contributed by atoms with E-state index in [-0.39, 0.29) is 0 Å². The molecule has 2 aromatic heterocycles. The van der Waals surface area contributed by atoms with Gasteiger partial charge in [-0.15, -0.1) is 11.3 Å². The van der Waals surface area contributed by atoms with Crippen molar-refractivity contribution < 1.29 is 4.39 Å². The normalized spacial score (nSPS) is 12.3. The van der Waals surface area contributed by atoms with Crippen LogP contribution in [0.5, 0.6) is 0 Å². The Morgan fingerprint density at radius 3 is 2.73 bits per heavy atom. The van der Waals surface area contributed by atoms with Gasteiger partial charge in [0.1, 0.15) is 6.33 Å². The molecule has 0 aliphatic rings. The number of aromatic nitrogens is 2. The Morgan fingerprint density at radius 2 is 2.07 bits per heavy atom. The summed E-state index contributed by atoms with van der Waals surface area (Å²) in [7, 11) is 0. The first-order valence-electron chi connectivity index (χ1n) is 4.43. The molecule has 0 aromatic carbocycles. The molecule has 76 valence electrons. The highest BCUT2D eigenvalue weighted by Crippen LogP contribution is 2.32. The summed E-state index contributed by atoms with van der Waals surface area (Å²) in [5.41, 5.74) is 0.907. The molecule has 0 aliphatic carbocycles. The first-order chi connectivity index (χ1) is 7.31. The van der Waals surface area contributed by atoms with Gasteiger partial charge in [-0.25, -0.2) is 14.4 Å². The van der Waals surface area contributed by atoms with Gasteiger partial charge in [-0.3, -0.25) is 0 Å². The Balaban J connectivity index is 2.32. The molecule has 0 saturated heterocycles. The number of rotatable bonds is 3.